The van der Waals surface area contributed by atoms with Crippen LogP contribution in [-0.2, 0) is 38.7 Å². The van der Waals surface area contributed by atoms with Gasteiger partial charge in [-0.25, -0.2) is 0 Å². The average molecular weight is 853 g/mol. The van der Waals surface area contributed by atoms with Crippen LogP contribution in [0.2, 0.25) is 0 Å². The van der Waals surface area contributed by atoms with E-state index >= 15 is 0 Å². The summed E-state index contributed by atoms with van der Waals surface area (Å²) in [6.45, 7) is 3.56. The minimum Gasteiger partial charge on any atom is -0.462 e. The van der Waals surface area contributed by atoms with E-state index in [1.165, 1.54) is 19.3 Å². The van der Waals surface area contributed by atoms with Crippen molar-refractivity contribution in [2.24, 2.45) is 0 Å². The fraction of sp³-hybridized carbons (Fsp3) is 0.696. The van der Waals surface area contributed by atoms with Gasteiger partial charge in [0, 0.05) is 12.8 Å². The largest absolute Gasteiger partial charge is 0.462 e. The molecule has 1 rings (SSSR count). The minimum atomic E-state index is -4.61. The Bertz CT molecular complexity index is 1370. The Labute approximate surface area is 355 Å². The molecule has 59 heavy (non-hydrogen) atoms. The third-order valence-corrected chi connectivity index (χ3v) is 10.3. The van der Waals surface area contributed by atoms with Crippen LogP contribution in [0.15, 0.2) is 72.9 Å². The lowest BCUT2D eigenvalue weighted by Gasteiger charge is -2.40. The number of unbranched alkanes of at least 4 members (excludes halogenated alkanes) is 11. The Morgan fingerprint density at radius 3 is 1.63 bits per heavy atom. The van der Waals surface area contributed by atoms with Crippen LogP contribution >= 0.6 is 0 Å². The van der Waals surface area contributed by atoms with Crippen LogP contribution in [0.5, 0.6) is 0 Å². The van der Waals surface area contributed by atoms with Crippen molar-refractivity contribution in [3.8, 4) is 0 Å². The predicted octanol–water partition coefficient (Wildman–Crippen LogP) is 8.72. The zero-order valence-corrected chi connectivity index (χ0v) is 36.6. The Morgan fingerprint density at radius 1 is 0.593 bits per heavy atom. The first-order chi connectivity index (χ1) is 28.5. The predicted molar refractivity (Wildman–Crippen MR) is 233 cm³/mol. The zero-order chi connectivity index (χ0) is 43.4. The van der Waals surface area contributed by atoms with Crippen LogP contribution in [0, 0.1) is 0 Å². The van der Waals surface area contributed by atoms with Gasteiger partial charge in [0.05, 0.1) is 6.61 Å². The number of aliphatic hydroxyl groups excluding tert-OH is 3. The third kappa shape index (κ3) is 30.7. The van der Waals surface area contributed by atoms with E-state index in [4.69, 9.17) is 18.9 Å². The van der Waals surface area contributed by atoms with Gasteiger partial charge < -0.3 is 34.3 Å². The summed E-state index contributed by atoms with van der Waals surface area (Å²) in [5.74, 6) is -2.05. The quantitative estimate of drug-likeness (QED) is 0.0206. The number of carbonyl (C=O) groups excluding carboxylic acids is 2. The van der Waals surface area contributed by atoms with Crippen LogP contribution in [0.25, 0.3) is 0 Å². The second kappa shape index (κ2) is 35.8. The Hall–Kier alpha value is -2.91. The van der Waals surface area contributed by atoms with Crippen molar-refractivity contribution in [1.82, 2.24) is 0 Å². The van der Waals surface area contributed by atoms with E-state index in [1.54, 1.807) is 0 Å². The number of allylic oxidation sites excluding steroid dienone is 12. The molecule has 0 radical (unpaired) electrons. The Morgan fingerprint density at radius 2 is 1.07 bits per heavy atom. The average Bonchev–Trinajstić information content (AvgIpc) is 3.20. The highest BCUT2D eigenvalue weighted by atomic mass is 32.2. The van der Waals surface area contributed by atoms with Crippen molar-refractivity contribution < 1.29 is 56.8 Å². The normalized spacial score (nSPS) is 20.9. The standard InChI is InChI=1S/C46H76O12S/c1-3-5-7-9-11-13-15-17-18-19-20-21-22-23-25-27-29-31-33-35-42(48)57-39(37-56-46-45(51)44(50)43(49)40(58-46)38-59(52,53)54)36-55-41(47)34-32-30-28-26-24-16-14-12-10-8-6-4-2/h5,7,11-14,17-18,20-21,23,25,39-40,43-46,49-51H,3-4,6,8-10,15-16,19,22,24,26-38H2,1-2H3,(H,52,53,54)/b7-5+,13-11+,14-12+,18-17+,21-20+,25-23+/t39-,40-,43-,44?,45?,46+/m1/s1. The molecular weight excluding hydrogens is 777 g/mol. The van der Waals surface area contributed by atoms with Crippen LogP contribution in [0.4, 0.5) is 0 Å². The SMILES string of the molecule is CC/C=C/C/C=C/C/C=C/C/C=C/C/C=C/CCCCCC(=O)O[C@H](COC(=O)CCCCCCC/C=C/CCCCC)CO[C@H]1O[C@H](CS(=O)(=O)O)[C@@H](O)C(O)C1O. The van der Waals surface area contributed by atoms with Crippen LogP contribution in [-0.4, -0.2) is 96.0 Å². The Balaban J connectivity index is 2.50. The lowest BCUT2D eigenvalue weighted by atomic mass is 10.00. The fourth-order valence-corrected chi connectivity index (χ4v) is 6.80. The van der Waals surface area contributed by atoms with E-state index < -0.39 is 71.2 Å². The number of carbonyl (C=O) groups is 2. The molecule has 2 unspecified atom stereocenters. The second-order valence-electron chi connectivity index (χ2n) is 15.0. The molecule has 12 nitrogen and oxygen atoms in total. The summed E-state index contributed by atoms with van der Waals surface area (Å²) >= 11 is 0. The highest BCUT2D eigenvalue weighted by molar-refractivity contribution is 7.85. The van der Waals surface area contributed by atoms with Crippen molar-refractivity contribution in [2.45, 2.75) is 185 Å². The van der Waals surface area contributed by atoms with Gasteiger partial charge in [-0.15, -0.1) is 0 Å². The van der Waals surface area contributed by atoms with Gasteiger partial charge in [-0.3, -0.25) is 14.1 Å². The molecule has 0 aromatic rings. The topological polar surface area (TPSA) is 186 Å². The molecule has 0 aliphatic carbocycles. The summed E-state index contributed by atoms with van der Waals surface area (Å²) in [4.78, 5) is 25.3. The van der Waals surface area contributed by atoms with Crippen LogP contribution < -0.4 is 0 Å². The number of ether oxygens (including phenoxy) is 4. The molecule has 1 saturated heterocycles. The molecule has 13 heteroatoms. The highest BCUT2D eigenvalue weighted by Crippen LogP contribution is 2.24. The number of hydrogen-bond donors (Lipinski definition) is 4. The van der Waals surface area contributed by atoms with Gasteiger partial charge in [0.15, 0.2) is 12.4 Å². The molecule has 338 valence electrons. The molecule has 1 heterocycles. The number of esters is 2. The summed E-state index contributed by atoms with van der Waals surface area (Å²) < 4.78 is 54.0. The summed E-state index contributed by atoms with van der Waals surface area (Å²) in [7, 11) is -4.61. The molecule has 0 aromatic heterocycles. The van der Waals surface area contributed by atoms with Crippen molar-refractivity contribution in [1.29, 1.82) is 0 Å². The van der Waals surface area contributed by atoms with Gasteiger partial charge in [0.1, 0.15) is 36.8 Å². The molecule has 0 spiro atoms. The number of aliphatic hydroxyl groups is 3. The molecule has 1 aliphatic heterocycles. The Kier molecular flexibility index (Phi) is 32.8. The molecule has 1 aliphatic rings. The van der Waals surface area contributed by atoms with Crippen LogP contribution in [0.3, 0.4) is 0 Å². The van der Waals surface area contributed by atoms with Gasteiger partial charge in [-0.2, -0.15) is 8.42 Å². The van der Waals surface area contributed by atoms with E-state index in [0.717, 1.165) is 89.9 Å². The van der Waals surface area contributed by atoms with E-state index in [9.17, 15) is 37.9 Å². The molecule has 6 atom stereocenters. The third-order valence-electron chi connectivity index (χ3n) is 9.52. The van der Waals surface area contributed by atoms with E-state index in [0.29, 0.717) is 12.8 Å². The molecule has 0 amide bonds. The summed E-state index contributed by atoms with van der Waals surface area (Å²) in [5.41, 5.74) is 0. The van der Waals surface area contributed by atoms with E-state index in [1.807, 2.05) is 0 Å². The fourth-order valence-electron chi connectivity index (χ4n) is 6.11. The molecular formula is C46H76O12S. The van der Waals surface area contributed by atoms with Crippen molar-refractivity contribution >= 4 is 22.1 Å². The molecule has 4 N–H and O–H groups in total. The molecule has 0 aromatic carbocycles. The highest BCUT2D eigenvalue weighted by Gasteiger charge is 2.46. The second-order valence-corrected chi connectivity index (χ2v) is 16.5. The summed E-state index contributed by atoms with van der Waals surface area (Å²) in [6.07, 6.45) is 35.2. The molecule has 0 bridgehead atoms. The number of rotatable bonds is 35. The first-order valence-corrected chi connectivity index (χ1v) is 23.6. The lowest BCUT2D eigenvalue weighted by Crippen LogP contribution is -2.60. The maximum absolute atomic E-state index is 12.8. The van der Waals surface area contributed by atoms with Gasteiger partial charge in [-0.05, 0) is 83.5 Å². The van der Waals surface area contributed by atoms with Crippen molar-refractivity contribution in [2.75, 3.05) is 19.0 Å². The maximum Gasteiger partial charge on any atom is 0.306 e. The van der Waals surface area contributed by atoms with Crippen molar-refractivity contribution in [3.63, 3.8) is 0 Å². The van der Waals surface area contributed by atoms with E-state index in [-0.39, 0.29) is 19.4 Å². The monoisotopic (exact) mass is 853 g/mol. The maximum atomic E-state index is 12.8. The first kappa shape index (κ1) is 54.1. The van der Waals surface area contributed by atoms with E-state index in [2.05, 4.69) is 86.8 Å². The summed E-state index contributed by atoms with van der Waals surface area (Å²) in [5, 5.41) is 30.8. The minimum absolute atomic E-state index is 0.120. The van der Waals surface area contributed by atoms with Gasteiger partial charge in [0.2, 0.25) is 0 Å². The molecule has 1 fully saturated rings. The lowest BCUT2D eigenvalue weighted by molar-refractivity contribution is -0.297. The first-order valence-electron chi connectivity index (χ1n) is 22.0. The van der Waals surface area contributed by atoms with Gasteiger partial charge >= 0.3 is 11.9 Å². The zero-order valence-electron chi connectivity index (χ0n) is 35.8. The summed E-state index contributed by atoms with van der Waals surface area (Å²) in [6, 6.07) is 0. The van der Waals surface area contributed by atoms with Gasteiger partial charge in [-0.1, -0.05) is 125 Å². The molecule has 0 saturated carbocycles. The van der Waals surface area contributed by atoms with Crippen LogP contribution in [0.1, 0.15) is 149 Å². The van der Waals surface area contributed by atoms with Crippen molar-refractivity contribution in [3.05, 3.63) is 72.9 Å². The number of hydrogen-bond acceptors (Lipinski definition) is 11. The van der Waals surface area contributed by atoms with Gasteiger partial charge in [0.25, 0.3) is 10.1 Å². The smallest absolute Gasteiger partial charge is 0.306 e.